The van der Waals surface area contributed by atoms with Crippen molar-refractivity contribution in [2.75, 3.05) is 29.9 Å². The Bertz CT molecular complexity index is 1510. The van der Waals surface area contributed by atoms with Gasteiger partial charge < -0.3 is 20.1 Å². The van der Waals surface area contributed by atoms with Gasteiger partial charge in [0.2, 0.25) is 5.95 Å². The summed E-state index contributed by atoms with van der Waals surface area (Å²) in [7, 11) is 0. The predicted molar refractivity (Wildman–Crippen MR) is 143 cm³/mol. The smallest absolute Gasteiger partial charge is 0.222 e. The summed E-state index contributed by atoms with van der Waals surface area (Å²) in [4.78, 5) is 15.8. The van der Waals surface area contributed by atoms with E-state index in [1.54, 1.807) is 43.2 Å². The number of ether oxygens (including phenoxy) is 1. The molecule has 194 valence electrons. The molecule has 3 aliphatic rings. The average molecular weight is 511 g/mol. The van der Waals surface area contributed by atoms with Gasteiger partial charge in [-0.2, -0.15) is 10.4 Å². The average Bonchev–Trinajstić information content (AvgIpc) is 3.33. The third kappa shape index (κ3) is 4.39. The molecule has 0 aromatic carbocycles. The molecule has 4 aromatic rings. The molecule has 0 radical (unpaired) electrons. The van der Waals surface area contributed by atoms with Crippen LogP contribution in [-0.4, -0.2) is 61.0 Å². The first-order chi connectivity index (χ1) is 18.2. The number of nitrogens with zero attached hydrogens (tertiary/aromatic N) is 7. The molecule has 1 aliphatic carbocycles. The molecule has 10 heteroatoms. The molecule has 3 atom stereocenters. The van der Waals surface area contributed by atoms with Gasteiger partial charge in [-0.25, -0.2) is 19.5 Å². The molecule has 0 amide bonds. The summed E-state index contributed by atoms with van der Waals surface area (Å²) in [5, 5.41) is 27.6. The minimum Gasteiger partial charge on any atom is -0.489 e. The Balaban J connectivity index is 1.24. The zero-order chi connectivity index (χ0) is 26.5. The van der Waals surface area contributed by atoms with Crippen molar-refractivity contribution in [2.24, 2.45) is 11.3 Å². The van der Waals surface area contributed by atoms with E-state index < -0.39 is 5.60 Å². The fraction of sp³-hybridized carbons (Fsp3) is 0.393. The van der Waals surface area contributed by atoms with E-state index in [9.17, 15) is 10.4 Å². The first-order valence-electron chi connectivity index (χ1n) is 12.7. The zero-order valence-corrected chi connectivity index (χ0v) is 21.7. The van der Waals surface area contributed by atoms with Crippen molar-refractivity contribution in [3.63, 3.8) is 0 Å². The molecule has 10 nitrogen and oxygen atoms in total. The molecule has 4 aromatic heterocycles. The van der Waals surface area contributed by atoms with E-state index in [2.05, 4.69) is 38.3 Å². The number of rotatable bonds is 7. The lowest BCUT2D eigenvalue weighted by molar-refractivity contribution is 0.0273. The lowest BCUT2D eigenvalue weighted by Gasteiger charge is -2.61. The summed E-state index contributed by atoms with van der Waals surface area (Å²) in [6.07, 6.45) is 9.80. The van der Waals surface area contributed by atoms with Crippen molar-refractivity contribution in [1.82, 2.24) is 24.6 Å². The van der Waals surface area contributed by atoms with Crippen LogP contribution in [0.2, 0.25) is 0 Å². The van der Waals surface area contributed by atoms with Gasteiger partial charge >= 0.3 is 0 Å². The second-order valence-electron chi connectivity index (χ2n) is 11.3. The Morgan fingerprint density at radius 1 is 1.24 bits per heavy atom. The van der Waals surface area contributed by atoms with E-state index >= 15 is 0 Å². The third-order valence-electron chi connectivity index (χ3n) is 7.49. The van der Waals surface area contributed by atoms with Crippen molar-refractivity contribution >= 4 is 17.3 Å². The molecule has 3 fully saturated rings. The van der Waals surface area contributed by atoms with Gasteiger partial charge in [0, 0.05) is 54.3 Å². The molecule has 6 heterocycles. The number of aliphatic hydroxyl groups is 1. The molecule has 0 unspecified atom stereocenters. The lowest BCUT2D eigenvalue weighted by Crippen LogP contribution is -2.67. The minimum absolute atomic E-state index is 0.111. The quantitative estimate of drug-likeness (QED) is 0.384. The minimum atomic E-state index is -0.977. The van der Waals surface area contributed by atoms with E-state index in [1.807, 2.05) is 30.5 Å². The van der Waals surface area contributed by atoms with Crippen molar-refractivity contribution in [2.45, 2.75) is 38.8 Å². The first-order valence-corrected chi connectivity index (χ1v) is 12.7. The summed E-state index contributed by atoms with van der Waals surface area (Å²) < 4.78 is 7.49. The zero-order valence-electron chi connectivity index (χ0n) is 21.7. The molecule has 1 saturated carbocycles. The fourth-order valence-electron chi connectivity index (χ4n) is 5.82. The molecule has 38 heavy (non-hydrogen) atoms. The number of hydrogen-bond acceptors (Lipinski definition) is 9. The van der Waals surface area contributed by atoms with Crippen molar-refractivity contribution in [3.8, 4) is 22.9 Å². The number of piperidine rings is 2. The van der Waals surface area contributed by atoms with Crippen LogP contribution in [0, 0.1) is 22.7 Å². The van der Waals surface area contributed by atoms with Gasteiger partial charge in [0.15, 0.2) is 0 Å². The third-order valence-corrected chi connectivity index (χ3v) is 7.49. The monoisotopic (exact) mass is 510 g/mol. The molecule has 2 bridgehead atoms. The van der Waals surface area contributed by atoms with Crippen molar-refractivity contribution < 1.29 is 9.84 Å². The number of hydrogen-bond donors (Lipinski definition) is 2. The molecular formula is C28H30N8O2. The number of nitrogens with one attached hydrogen (secondary N) is 1. The Hall–Kier alpha value is -4.23. The summed E-state index contributed by atoms with van der Waals surface area (Å²) >= 11 is 0. The summed E-state index contributed by atoms with van der Waals surface area (Å²) in [5.41, 5.74) is 1.96. The normalized spacial score (nSPS) is 22.6. The fourth-order valence-corrected chi connectivity index (χ4v) is 5.82. The largest absolute Gasteiger partial charge is 0.489 e. The lowest BCUT2D eigenvalue weighted by atomic mass is 9.55. The van der Waals surface area contributed by atoms with Gasteiger partial charge in [0.25, 0.3) is 0 Å². The molecule has 2 aliphatic heterocycles. The topological polar surface area (TPSA) is 124 Å². The summed E-state index contributed by atoms with van der Waals surface area (Å²) in [6, 6.07) is 10.3. The van der Waals surface area contributed by atoms with Crippen molar-refractivity contribution in [3.05, 3.63) is 60.8 Å². The van der Waals surface area contributed by atoms with E-state index in [-0.39, 0.29) is 12.0 Å². The highest BCUT2D eigenvalue weighted by Gasteiger charge is 2.55. The molecular weight excluding hydrogens is 480 g/mol. The van der Waals surface area contributed by atoms with Crippen LogP contribution in [0.5, 0.6) is 5.75 Å². The van der Waals surface area contributed by atoms with Gasteiger partial charge in [-0.15, -0.1) is 0 Å². The number of anilines is 2. The van der Waals surface area contributed by atoms with Gasteiger partial charge in [0.1, 0.15) is 24.2 Å². The van der Waals surface area contributed by atoms with Crippen LogP contribution < -0.4 is 15.0 Å². The highest BCUT2D eigenvalue weighted by Crippen LogP contribution is 2.52. The van der Waals surface area contributed by atoms with Crippen LogP contribution in [0.4, 0.5) is 11.8 Å². The van der Waals surface area contributed by atoms with Crippen LogP contribution in [0.1, 0.15) is 32.8 Å². The van der Waals surface area contributed by atoms with Crippen LogP contribution in [0.3, 0.4) is 0 Å². The number of fused-ring (bicyclic) bond motifs is 3. The summed E-state index contributed by atoms with van der Waals surface area (Å²) in [6.45, 7) is 7.63. The highest BCUT2D eigenvalue weighted by atomic mass is 16.5. The predicted octanol–water partition coefficient (Wildman–Crippen LogP) is 3.53. The highest BCUT2D eigenvalue weighted by molar-refractivity contribution is 5.85. The SMILES string of the molecule is CC(C)(O)COc1cc(-c2ccc(N3C[C@@H]4C[C@](C)(C3)[C@@H]4Nc3ncccn3)nc2)c2c(C#N)cnn2c1. The van der Waals surface area contributed by atoms with E-state index in [0.717, 1.165) is 30.0 Å². The Kier molecular flexibility index (Phi) is 5.69. The maximum Gasteiger partial charge on any atom is 0.222 e. The van der Waals surface area contributed by atoms with Crippen LogP contribution >= 0.6 is 0 Å². The van der Waals surface area contributed by atoms with E-state index in [4.69, 9.17) is 9.72 Å². The van der Waals surface area contributed by atoms with E-state index in [1.165, 1.54) is 6.42 Å². The Morgan fingerprint density at radius 2 is 2.05 bits per heavy atom. The number of aromatic nitrogens is 5. The maximum absolute atomic E-state index is 10.1. The molecule has 7 rings (SSSR count). The second kappa shape index (κ2) is 8.96. The van der Waals surface area contributed by atoms with Gasteiger partial charge in [0.05, 0.1) is 29.1 Å². The number of pyridine rings is 2. The molecule has 2 N–H and O–H groups in total. The van der Waals surface area contributed by atoms with Gasteiger partial charge in [-0.05, 0) is 50.5 Å². The van der Waals surface area contributed by atoms with Crippen LogP contribution in [-0.2, 0) is 0 Å². The first kappa shape index (κ1) is 24.1. The van der Waals surface area contributed by atoms with Gasteiger partial charge in [-0.3, -0.25) is 0 Å². The summed E-state index contributed by atoms with van der Waals surface area (Å²) in [5.74, 6) is 2.66. The van der Waals surface area contributed by atoms with Crippen molar-refractivity contribution in [1.29, 1.82) is 5.26 Å². The molecule has 2 saturated heterocycles. The second-order valence-corrected chi connectivity index (χ2v) is 11.3. The maximum atomic E-state index is 10.1. The van der Waals surface area contributed by atoms with Gasteiger partial charge in [-0.1, -0.05) is 6.92 Å². The molecule has 0 spiro atoms. The van der Waals surface area contributed by atoms with Crippen LogP contribution in [0.25, 0.3) is 16.6 Å². The Labute approximate surface area is 220 Å². The Morgan fingerprint density at radius 3 is 2.74 bits per heavy atom. The number of nitriles is 1. The van der Waals surface area contributed by atoms with E-state index in [0.29, 0.717) is 34.7 Å². The van der Waals surface area contributed by atoms with Crippen LogP contribution in [0.15, 0.2) is 55.2 Å². The standard InChI is InChI=1S/C28H30N8O2/c1-27(2,37)17-38-21-9-22(24-20(11-29)13-33-36(24)15-21)18-5-6-23(32-12-18)35-14-19-10-28(3,16-35)25(19)34-26-30-7-4-8-31-26/h4-9,12-13,15,19,25,37H,10,14,16-17H2,1-3H3,(H,30,31,34)/t19-,25+,28+/m0/s1.